The highest BCUT2D eigenvalue weighted by Crippen LogP contribution is 2.15. The van der Waals surface area contributed by atoms with Crippen LogP contribution in [0.1, 0.15) is 20.3 Å². The molecule has 7 heteroatoms. The number of aromatic nitrogens is 2. The molecule has 0 aliphatic rings. The first-order valence-electron chi connectivity index (χ1n) is 5.63. The van der Waals surface area contributed by atoms with E-state index in [0.717, 1.165) is 0 Å². The summed E-state index contributed by atoms with van der Waals surface area (Å²) >= 11 is 5.76. The van der Waals surface area contributed by atoms with E-state index in [1.54, 1.807) is 0 Å². The van der Waals surface area contributed by atoms with Gasteiger partial charge in [-0.15, -0.1) is 0 Å². The van der Waals surface area contributed by atoms with E-state index in [9.17, 15) is 4.79 Å². The van der Waals surface area contributed by atoms with Gasteiger partial charge in [-0.1, -0.05) is 25.4 Å². The van der Waals surface area contributed by atoms with E-state index in [1.165, 1.54) is 13.2 Å². The maximum atomic E-state index is 11.6. The lowest BCUT2D eigenvalue weighted by molar-refractivity contribution is -0.116. The monoisotopic (exact) mass is 272 g/mol. The predicted octanol–water partition coefficient (Wildman–Crippen LogP) is 1.47. The van der Waals surface area contributed by atoms with E-state index >= 15 is 0 Å². The molecule has 0 atom stereocenters. The molecule has 100 valence electrons. The Bertz CT molecular complexity index is 412. The third-order valence-corrected chi connectivity index (χ3v) is 2.23. The summed E-state index contributed by atoms with van der Waals surface area (Å²) in [5.41, 5.74) is 0. The summed E-state index contributed by atoms with van der Waals surface area (Å²) in [4.78, 5) is 19.4. The Kier molecular flexibility index (Phi) is 5.80. The number of anilines is 1. The van der Waals surface area contributed by atoms with Crippen molar-refractivity contribution in [3.8, 4) is 5.88 Å². The van der Waals surface area contributed by atoms with Crippen LogP contribution >= 0.6 is 11.6 Å². The number of methoxy groups -OCH3 is 1. The highest BCUT2D eigenvalue weighted by atomic mass is 35.5. The lowest BCUT2D eigenvalue weighted by Crippen LogP contribution is -2.27. The Morgan fingerprint density at radius 2 is 2.22 bits per heavy atom. The van der Waals surface area contributed by atoms with Crippen molar-refractivity contribution in [3.05, 3.63) is 11.2 Å². The van der Waals surface area contributed by atoms with E-state index in [1.807, 2.05) is 13.8 Å². The van der Waals surface area contributed by atoms with Gasteiger partial charge in [-0.2, -0.15) is 4.98 Å². The molecular formula is C11H17ClN4O2. The Morgan fingerprint density at radius 1 is 1.50 bits per heavy atom. The first-order chi connectivity index (χ1) is 8.51. The molecule has 0 aromatic carbocycles. The third-order valence-electron chi connectivity index (χ3n) is 2.04. The third kappa shape index (κ3) is 5.29. The highest BCUT2D eigenvalue weighted by Gasteiger charge is 2.07. The average molecular weight is 273 g/mol. The zero-order chi connectivity index (χ0) is 13.5. The molecule has 1 rings (SSSR count). The molecule has 0 aliphatic heterocycles. The molecule has 6 nitrogen and oxygen atoms in total. The molecule has 0 spiro atoms. The molecule has 0 bridgehead atoms. The van der Waals surface area contributed by atoms with Crippen LogP contribution in [-0.2, 0) is 4.79 Å². The van der Waals surface area contributed by atoms with Crippen molar-refractivity contribution in [1.82, 2.24) is 15.3 Å². The summed E-state index contributed by atoms with van der Waals surface area (Å²) in [6.07, 6.45) is 0.344. The highest BCUT2D eigenvalue weighted by molar-refractivity contribution is 6.29. The largest absolute Gasteiger partial charge is 0.481 e. The molecular weight excluding hydrogens is 256 g/mol. The molecule has 1 amide bonds. The van der Waals surface area contributed by atoms with Crippen LogP contribution in [0.4, 0.5) is 5.95 Å². The SMILES string of the molecule is COc1cc(Cl)nc(NC(=O)CCNC(C)C)n1. The number of halogens is 1. The summed E-state index contributed by atoms with van der Waals surface area (Å²) in [6, 6.07) is 1.82. The van der Waals surface area contributed by atoms with Crippen molar-refractivity contribution in [3.63, 3.8) is 0 Å². The molecule has 0 saturated heterocycles. The maximum Gasteiger partial charge on any atom is 0.234 e. The van der Waals surface area contributed by atoms with E-state index < -0.39 is 0 Å². The van der Waals surface area contributed by atoms with Gasteiger partial charge >= 0.3 is 0 Å². The number of carbonyl (C=O) groups excluding carboxylic acids is 1. The first-order valence-corrected chi connectivity index (χ1v) is 6.01. The molecule has 0 saturated carbocycles. The Hall–Kier alpha value is -1.40. The number of hydrogen-bond acceptors (Lipinski definition) is 5. The van der Waals surface area contributed by atoms with E-state index in [0.29, 0.717) is 24.9 Å². The first kappa shape index (κ1) is 14.7. The van der Waals surface area contributed by atoms with Crippen molar-refractivity contribution in [2.24, 2.45) is 0 Å². The number of hydrogen-bond donors (Lipinski definition) is 2. The van der Waals surface area contributed by atoms with E-state index in [2.05, 4.69) is 20.6 Å². The quantitative estimate of drug-likeness (QED) is 0.767. The van der Waals surface area contributed by atoms with Gasteiger partial charge in [-0.3, -0.25) is 10.1 Å². The number of amides is 1. The lowest BCUT2D eigenvalue weighted by atomic mass is 10.3. The molecule has 0 fully saturated rings. The van der Waals surface area contributed by atoms with Gasteiger partial charge in [0.2, 0.25) is 17.7 Å². The summed E-state index contributed by atoms with van der Waals surface area (Å²) in [5.74, 6) is 0.284. The Morgan fingerprint density at radius 3 is 2.83 bits per heavy atom. The van der Waals surface area contributed by atoms with E-state index in [4.69, 9.17) is 16.3 Å². The summed E-state index contributed by atoms with van der Waals surface area (Å²) in [5, 5.41) is 5.93. The second-order valence-electron chi connectivity index (χ2n) is 3.96. The fourth-order valence-electron chi connectivity index (χ4n) is 1.22. The molecule has 0 aliphatic carbocycles. The predicted molar refractivity (Wildman–Crippen MR) is 70.0 cm³/mol. The van der Waals surface area contributed by atoms with Crippen LogP contribution < -0.4 is 15.4 Å². The smallest absolute Gasteiger partial charge is 0.234 e. The molecule has 0 unspecified atom stereocenters. The maximum absolute atomic E-state index is 11.6. The molecule has 1 aromatic rings. The minimum absolute atomic E-state index is 0.147. The van der Waals surface area contributed by atoms with Crippen LogP contribution in [0.5, 0.6) is 5.88 Å². The molecule has 18 heavy (non-hydrogen) atoms. The normalized spacial score (nSPS) is 10.5. The molecule has 1 heterocycles. The summed E-state index contributed by atoms with van der Waals surface area (Å²) in [6.45, 7) is 4.63. The van der Waals surface area contributed by atoms with Gasteiger partial charge in [0.1, 0.15) is 5.15 Å². The average Bonchev–Trinajstić information content (AvgIpc) is 2.27. The lowest BCUT2D eigenvalue weighted by Gasteiger charge is -2.08. The standard InChI is InChI=1S/C11H17ClN4O2/c1-7(2)13-5-4-9(17)15-11-14-8(12)6-10(16-11)18-3/h6-7,13H,4-5H2,1-3H3,(H,14,15,16,17). The van der Waals surface area contributed by atoms with Gasteiger partial charge in [0, 0.05) is 25.1 Å². The van der Waals surface area contributed by atoms with Gasteiger partial charge in [0.25, 0.3) is 0 Å². The van der Waals surface area contributed by atoms with Crippen molar-refractivity contribution in [1.29, 1.82) is 0 Å². The van der Waals surface area contributed by atoms with Crippen LogP contribution in [0.2, 0.25) is 5.15 Å². The van der Waals surface area contributed by atoms with Crippen molar-refractivity contribution in [2.75, 3.05) is 19.0 Å². The molecule has 0 radical (unpaired) electrons. The number of rotatable bonds is 6. The molecule has 1 aromatic heterocycles. The summed E-state index contributed by atoms with van der Waals surface area (Å²) in [7, 11) is 1.47. The Balaban J connectivity index is 2.51. The number of nitrogens with zero attached hydrogens (tertiary/aromatic N) is 2. The van der Waals surface area contributed by atoms with Crippen LogP contribution in [-0.4, -0.2) is 35.6 Å². The summed E-state index contributed by atoms with van der Waals surface area (Å²) < 4.78 is 4.93. The van der Waals surface area contributed by atoms with Crippen LogP contribution in [0.15, 0.2) is 6.07 Å². The number of ether oxygens (including phenoxy) is 1. The minimum atomic E-state index is -0.174. The van der Waals surface area contributed by atoms with Crippen molar-refractivity contribution >= 4 is 23.5 Å². The van der Waals surface area contributed by atoms with Crippen molar-refractivity contribution < 1.29 is 9.53 Å². The van der Waals surface area contributed by atoms with Crippen molar-refractivity contribution in [2.45, 2.75) is 26.3 Å². The Labute approximate surface area is 111 Å². The second kappa shape index (κ2) is 7.13. The number of carbonyl (C=O) groups is 1. The van der Waals surface area contributed by atoms with E-state index in [-0.39, 0.29) is 17.0 Å². The molecule has 2 N–H and O–H groups in total. The van der Waals surface area contributed by atoms with Crippen LogP contribution in [0.25, 0.3) is 0 Å². The fourth-order valence-corrected chi connectivity index (χ4v) is 1.39. The zero-order valence-electron chi connectivity index (χ0n) is 10.7. The van der Waals surface area contributed by atoms with Gasteiger partial charge in [0.05, 0.1) is 7.11 Å². The van der Waals surface area contributed by atoms with Crippen LogP contribution in [0, 0.1) is 0 Å². The van der Waals surface area contributed by atoms with Crippen LogP contribution in [0.3, 0.4) is 0 Å². The van der Waals surface area contributed by atoms with Gasteiger partial charge in [-0.25, -0.2) is 4.98 Å². The minimum Gasteiger partial charge on any atom is -0.481 e. The second-order valence-corrected chi connectivity index (χ2v) is 4.35. The van der Waals surface area contributed by atoms with Gasteiger partial charge < -0.3 is 10.1 Å². The topological polar surface area (TPSA) is 76.1 Å². The van der Waals surface area contributed by atoms with Gasteiger partial charge in [0.15, 0.2) is 0 Å². The fraction of sp³-hybridized carbons (Fsp3) is 0.545. The zero-order valence-corrected chi connectivity index (χ0v) is 11.4. The number of nitrogens with one attached hydrogen (secondary N) is 2. The van der Waals surface area contributed by atoms with Gasteiger partial charge in [-0.05, 0) is 0 Å².